The van der Waals surface area contributed by atoms with E-state index in [0.717, 1.165) is 16.9 Å². The average molecular weight is 311 g/mol. The number of aryl methyl sites for hydroxylation is 2. The summed E-state index contributed by atoms with van der Waals surface area (Å²) in [4.78, 5) is 24.2. The van der Waals surface area contributed by atoms with Gasteiger partial charge in [0.2, 0.25) is 5.91 Å². The molecule has 2 aromatic rings. The van der Waals surface area contributed by atoms with Gasteiger partial charge in [0.05, 0.1) is 7.11 Å². The maximum Gasteiger partial charge on any atom is 0.224 e. The third-order valence-corrected chi connectivity index (χ3v) is 3.65. The standard InChI is InChI=1S/C19H21NO3/c1-13-4-5-14(2)17(12-13)18(21)10-11-19(22)20-15-6-8-16(23-3)9-7-15/h4-9,12H,10-11H2,1-3H3,(H,20,22). The molecule has 0 bridgehead atoms. The van der Waals surface area contributed by atoms with Crippen molar-refractivity contribution < 1.29 is 14.3 Å². The monoisotopic (exact) mass is 311 g/mol. The number of hydrogen-bond donors (Lipinski definition) is 1. The van der Waals surface area contributed by atoms with Crippen molar-refractivity contribution in [3.63, 3.8) is 0 Å². The fraction of sp³-hybridized carbons (Fsp3) is 0.263. The molecule has 0 saturated heterocycles. The van der Waals surface area contributed by atoms with Gasteiger partial charge < -0.3 is 10.1 Å². The minimum Gasteiger partial charge on any atom is -0.497 e. The number of ketones is 1. The van der Waals surface area contributed by atoms with E-state index in [1.54, 1.807) is 31.4 Å². The van der Waals surface area contributed by atoms with Crippen molar-refractivity contribution in [1.82, 2.24) is 0 Å². The molecule has 23 heavy (non-hydrogen) atoms. The molecule has 1 amide bonds. The molecular weight excluding hydrogens is 290 g/mol. The molecule has 0 aromatic heterocycles. The number of anilines is 1. The van der Waals surface area contributed by atoms with Gasteiger partial charge in [-0.25, -0.2) is 0 Å². The lowest BCUT2D eigenvalue weighted by Crippen LogP contribution is -2.14. The highest BCUT2D eigenvalue weighted by Gasteiger charge is 2.12. The van der Waals surface area contributed by atoms with Crippen molar-refractivity contribution in [2.75, 3.05) is 12.4 Å². The molecule has 4 nitrogen and oxygen atoms in total. The molecule has 0 aliphatic carbocycles. The molecule has 0 atom stereocenters. The summed E-state index contributed by atoms with van der Waals surface area (Å²) in [6, 6.07) is 12.9. The van der Waals surface area contributed by atoms with E-state index in [1.807, 2.05) is 32.0 Å². The molecule has 0 unspecified atom stereocenters. The van der Waals surface area contributed by atoms with Gasteiger partial charge in [-0.2, -0.15) is 0 Å². The fourth-order valence-corrected chi connectivity index (χ4v) is 2.30. The van der Waals surface area contributed by atoms with Gasteiger partial charge in [0.15, 0.2) is 5.78 Å². The van der Waals surface area contributed by atoms with Crippen LogP contribution in [0.25, 0.3) is 0 Å². The first kappa shape index (κ1) is 16.7. The SMILES string of the molecule is COc1ccc(NC(=O)CCC(=O)c2cc(C)ccc2C)cc1. The summed E-state index contributed by atoms with van der Waals surface area (Å²) in [5.41, 5.74) is 3.37. The average Bonchev–Trinajstić information content (AvgIpc) is 2.55. The summed E-state index contributed by atoms with van der Waals surface area (Å²) in [5.74, 6) is 0.554. The van der Waals surface area contributed by atoms with Gasteiger partial charge in [0.1, 0.15) is 5.75 Å². The van der Waals surface area contributed by atoms with Gasteiger partial charge in [-0.05, 0) is 49.7 Å². The van der Waals surface area contributed by atoms with Crippen LogP contribution in [-0.4, -0.2) is 18.8 Å². The van der Waals surface area contributed by atoms with Crippen LogP contribution in [0, 0.1) is 13.8 Å². The van der Waals surface area contributed by atoms with Crippen LogP contribution in [0.4, 0.5) is 5.69 Å². The third kappa shape index (κ3) is 4.68. The van der Waals surface area contributed by atoms with Crippen molar-refractivity contribution in [2.45, 2.75) is 26.7 Å². The molecule has 4 heteroatoms. The van der Waals surface area contributed by atoms with Crippen LogP contribution < -0.4 is 10.1 Å². The summed E-state index contributed by atoms with van der Waals surface area (Å²) in [5, 5.41) is 2.78. The Bertz CT molecular complexity index is 705. The number of rotatable bonds is 6. The maximum absolute atomic E-state index is 12.3. The van der Waals surface area contributed by atoms with Crippen molar-refractivity contribution in [1.29, 1.82) is 0 Å². The Balaban J connectivity index is 1.90. The third-order valence-electron chi connectivity index (χ3n) is 3.65. The second kappa shape index (κ2) is 7.58. The van der Waals surface area contributed by atoms with Crippen molar-refractivity contribution in [3.8, 4) is 5.75 Å². The molecular formula is C19H21NO3. The highest BCUT2D eigenvalue weighted by molar-refractivity contribution is 6.01. The van der Waals surface area contributed by atoms with Gasteiger partial charge >= 0.3 is 0 Å². The van der Waals surface area contributed by atoms with E-state index in [4.69, 9.17) is 4.74 Å². The Kier molecular flexibility index (Phi) is 5.52. The minimum atomic E-state index is -0.172. The topological polar surface area (TPSA) is 55.4 Å². The first-order chi connectivity index (χ1) is 11.0. The molecule has 0 fully saturated rings. The number of hydrogen-bond acceptors (Lipinski definition) is 3. The van der Waals surface area contributed by atoms with Gasteiger partial charge in [0.25, 0.3) is 0 Å². The number of carbonyl (C=O) groups excluding carboxylic acids is 2. The number of Topliss-reactive ketones (excluding diaryl/α,β-unsaturated/α-hetero) is 1. The summed E-state index contributed by atoms with van der Waals surface area (Å²) in [7, 11) is 1.59. The molecule has 120 valence electrons. The number of amides is 1. The van der Waals surface area contributed by atoms with Crippen LogP contribution >= 0.6 is 0 Å². The van der Waals surface area contributed by atoms with Crippen LogP contribution in [0.2, 0.25) is 0 Å². The minimum absolute atomic E-state index is 0.00363. The van der Waals surface area contributed by atoms with Crippen molar-refractivity contribution in [2.24, 2.45) is 0 Å². The lowest BCUT2D eigenvalue weighted by Gasteiger charge is -2.08. The molecule has 0 heterocycles. The predicted molar refractivity (Wildman–Crippen MR) is 91.1 cm³/mol. The lowest BCUT2D eigenvalue weighted by molar-refractivity contribution is -0.116. The zero-order chi connectivity index (χ0) is 16.8. The fourth-order valence-electron chi connectivity index (χ4n) is 2.30. The second-order valence-electron chi connectivity index (χ2n) is 5.52. The molecule has 2 aromatic carbocycles. The van der Waals surface area contributed by atoms with Gasteiger partial charge in [-0.3, -0.25) is 9.59 Å². The van der Waals surface area contributed by atoms with Crippen LogP contribution in [0.1, 0.15) is 34.3 Å². The molecule has 0 saturated carbocycles. The van der Waals surface area contributed by atoms with Crippen molar-refractivity contribution in [3.05, 3.63) is 59.2 Å². The van der Waals surface area contributed by atoms with Crippen LogP contribution in [-0.2, 0) is 4.79 Å². The van der Waals surface area contributed by atoms with Gasteiger partial charge in [-0.15, -0.1) is 0 Å². The largest absolute Gasteiger partial charge is 0.497 e. The predicted octanol–water partition coefficient (Wildman–Crippen LogP) is 3.91. The van der Waals surface area contributed by atoms with Crippen molar-refractivity contribution >= 4 is 17.4 Å². The van der Waals surface area contributed by atoms with Gasteiger partial charge in [0, 0.05) is 24.1 Å². The second-order valence-corrected chi connectivity index (χ2v) is 5.52. The highest BCUT2D eigenvalue weighted by atomic mass is 16.5. The summed E-state index contributed by atoms with van der Waals surface area (Å²) < 4.78 is 5.07. The number of benzene rings is 2. The molecule has 0 aliphatic rings. The first-order valence-corrected chi connectivity index (χ1v) is 7.54. The summed E-state index contributed by atoms with van der Waals surface area (Å²) in [6.07, 6.45) is 0.366. The molecule has 1 N–H and O–H groups in total. The van der Waals surface area contributed by atoms with E-state index in [2.05, 4.69) is 5.32 Å². The Morgan fingerprint density at radius 1 is 1.00 bits per heavy atom. The number of ether oxygens (including phenoxy) is 1. The molecule has 0 spiro atoms. The zero-order valence-corrected chi connectivity index (χ0v) is 13.7. The van der Waals surface area contributed by atoms with Gasteiger partial charge in [-0.1, -0.05) is 17.7 Å². The number of carbonyl (C=O) groups is 2. The lowest BCUT2D eigenvalue weighted by atomic mass is 9.99. The van der Waals surface area contributed by atoms with E-state index in [-0.39, 0.29) is 24.5 Å². The van der Waals surface area contributed by atoms with E-state index in [1.165, 1.54) is 0 Å². The van der Waals surface area contributed by atoms with E-state index < -0.39 is 0 Å². The normalized spacial score (nSPS) is 10.2. The van der Waals surface area contributed by atoms with E-state index >= 15 is 0 Å². The number of methoxy groups -OCH3 is 1. The maximum atomic E-state index is 12.3. The Labute approximate surface area is 136 Å². The Morgan fingerprint density at radius 2 is 1.70 bits per heavy atom. The molecule has 2 rings (SSSR count). The summed E-state index contributed by atoms with van der Waals surface area (Å²) >= 11 is 0. The molecule has 0 radical (unpaired) electrons. The van der Waals surface area contributed by atoms with Crippen LogP contribution in [0.3, 0.4) is 0 Å². The Hall–Kier alpha value is -2.62. The van der Waals surface area contributed by atoms with Crippen LogP contribution in [0.15, 0.2) is 42.5 Å². The Morgan fingerprint density at radius 3 is 2.35 bits per heavy atom. The highest BCUT2D eigenvalue weighted by Crippen LogP contribution is 2.16. The number of nitrogens with one attached hydrogen (secondary N) is 1. The summed E-state index contributed by atoms with van der Waals surface area (Å²) in [6.45, 7) is 3.86. The zero-order valence-electron chi connectivity index (χ0n) is 13.7. The smallest absolute Gasteiger partial charge is 0.224 e. The molecule has 0 aliphatic heterocycles. The van der Waals surface area contributed by atoms with Crippen LogP contribution in [0.5, 0.6) is 5.75 Å². The van der Waals surface area contributed by atoms with E-state index in [0.29, 0.717) is 11.3 Å². The first-order valence-electron chi connectivity index (χ1n) is 7.54. The quantitative estimate of drug-likeness (QED) is 0.823. The van der Waals surface area contributed by atoms with E-state index in [9.17, 15) is 9.59 Å².